The topological polar surface area (TPSA) is 57.0 Å². The summed E-state index contributed by atoms with van der Waals surface area (Å²) in [4.78, 5) is 2.41. The predicted molar refractivity (Wildman–Crippen MR) is 71.5 cm³/mol. The zero-order valence-corrected chi connectivity index (χ0v) is 11.0. The summed E-state index contributed by atoms with van der Waals surface area (Å²) in [7, 11) is 0. The highest BCUT2D eigenvalue weighted by Crippen LogP contribution is 2.32. The molecule has 2 aliphatic heterocycles. The molecule has 1 aromatic carbocycles. The van der Waals surface area contributed by atoms with Crippen molar-refractivity contribution in [2.45, 2.75) is 12.5 Å². The van der Waals surface area contributed by atoms with E-state index in [9.17, 15) is 0 Å². The standard InChI is InChI=1S/C14H20N2O3/c15-9-12(16-3-5-17-6-4-16)7-11-1-2-13-14(8-11)19-10-18-13/h1-2,8,12H,3-7,9-10,15H2. The molecule has 0 spiro atoms. The van der Waals surface area contributed by atoms with Crippen molar-refractivity contribution in [3.63, 3.8) is 0 Å². The van der Waals surface area contributed by atoms with Crippen molar-refractivity contribution in [1.29, 1.82) is 0 Å². The van der Waals surface area contributed by atoms with E-state index in [1.807, 2.05) is 6.07 Å². The number of ether oxygens (including phenoxy) is 3. The highest BCUT2D eigenvalue weighted by atomic mass is 16.7. The Bertz CT molecular complexity index is 433. The Kier molecular flexibility index (Phi) is 3.87. The van der Waals surface area contributed by atoms with E-state index in [1.165, 1.54) is 5.56 Å². The van der Waals surface area contributed by atoms with Crippen molar-refractivity contribution < 1.29 is 14.2 Å². The first-order chi connectivity index (χ1) is 9.36. The van der Waals surface area contributed by atoms with E-state index >= 15 is 0 Å². The molecule has 104 valence electrons. The molecule has 1 aromatic rings. The Balaban J connectivity index is 1.68. The smallest absolute Gasteiger partial charge is 0.231 e. The summed E-state index contributed by atoms with van der Waals surface area (Å²) >= 11 is 0. The van der Waals surface area contributed by atoms with Gasteiger partial charge < -0.3 is 19.9 Å². The highest BCUT2D eigenvalue weighted by Gasteiger charge is 2.21. The summed E-state index contributed by atoms with van der Waals surface area (Å²) in [6.07, 6.45) is 0.938. The first-order valence-corrected chi connectivity index (χ1v) is 6.77. The van der Waals surface area contributed by atoms with Crippen LogP contribution in [0.1, 0.15) is 5.56 Å². The Morgan fingerprint density at radius 3 is 2.74 bits per heavy atom. The SMILES string of the molecule is NCC(Cc1ccc2c(c1)OCO2)N1CCOCC1. The summed E-state index contributed by atoms with van der Waals surface area (Å²) in [5.41, 5.74) is 7.17. The first kappa shape index (κ1) is 12.7. The molecular weight excluding hydrogens is 244 g/mol. The van der Waals surface area contributed by atoms with Crippen LogP contribution in [0.4, 0.5) is 0 Å². The average molecular weight is 264 g/mol. The fourth-order valence-electron chi connectivity index (χ4n) is 2.64. The van der Waals surface area contributed by atoms with Gasteiger partial charge in [-0.05, 0) is 24.1 Å². The van der Waals surface area contributed by atoms with Gasteiger partial charge in [0, 0.05) is 25.7 Å². The number of morpholine rings is 1. The number of nitrogens with zero attached hydrogens (tertiary/aromatic N) is 1. The lowest BCUT2D eigenvalue weighted by molar-refractivity contribution is 0.0184. The van der Waals surface area contributed by atoms with Gasteiger partial charge in [-0.15, -0.1) is 0 Å². The molecule has 0 aliphatic carbocycles. The van der Waals surface area contributed by atoms with Crippen LogP contribution in [-0.4, -0.2) is 50.6 Å². The van der Waals surface area contributed by atoms with Crippen molar-refractivity contribution >= 4 is 0 Å². The fraction of sp³-hybridized carbons (Fsp3) is 0.571. The van der Waals surface area contributed by atoms with Gasteiger partial charge in [0.25, 0.3) is 0 Å². The number of hydrogen-bond donors (Lipinski definition) is 1. The normalized spacial score (nSPS) is 20.5. The molecule has 0 saturated carbocycles. The Labute approximate surface area is 113 Å². The molecule has 2 aliphatic rings. The lowest BCUT2D eigenvalue weighted by Gasteiger charge is -2.33. The molecule has 1 fully saturated rings. The maximum Gasteiger partial charge on any atom is 0.231 e. The van der Waals surface area contributed by atoms with E-state index in [0.29, 0.717) is 19.4 Å². The minimum absolute atomic E-state index is 0.322. The molecule has 5 nitrogen and oxygen atoms in total. The van der Waals surface area contributed by atoms with Crippen LogP contribution in [0.15, 0.2) is 18.2 Å². The third-order valence-corrected chi connectivity index (χ3v) is 3.74. The molecule has 0 bridgehead atoms. The maximum atomic E-state index is 5.93. The third-order valence-electron chi connectivity index (χ3n) is 3.74. The van der Waals surface area contributed by atoms with Crippen molar-refractivity contribution in [1.82, 2.24) is 4.90 Å². The van der Waals surface area contributed by atoms with Gasteiger partial charge in [-0.2, -0.15) is 0 Å². The van der Waals surface area contributed by atoms with Gasteiger partial charge >= 0.3 is 0 Å². The molecule has 2 N–H and O–H groups in total. The van der Waals surface area contributed by atoms with Crippen LogP contribution in [0.2, 0.25) is 0 Å². The predicted octanol–water partition coefficient (Wildman–Crippen LogP) is 0.617. The number of benzene rings is 1. The molecule has 0 radical (unpaired) electrons. The van der Waals surface area contributed by atoms with Gasteiger partial charge in [0.05, 0.1) is 13.2 Å². The Morgan fingerprint density at radius 1 is 1.16 bits per heavy atom. The van der Waals surface area contributed by atoms with Gasteiger partial charge in [0.1, 0.15) is 0 Å². The van der Waals surface area contributed by atoms with Gasteiger partial charge in [0.15, 0.2) is 11.5 Å². The van der Waals surface area contributed by atoms with Crippen LogP contribution < -0.4 is 15.2 Å². The minimum atomic E-state index is 0.322. The number of rotatable bonds is 4. The van der Waals surface area contributed by atoms with Crippen molar-refractivity contribution in [3.8, 4) is 11.5 Å². The molecule has 5 heteroatoms. The molecule has 0 aromatic heterocycles. The van der Waals surface area contributed by atoms with Crippen molar-refractivity contribution in [2.75, 3.05) is 39.6 Å². The van der Waals surface area contributed by atoms with Gasteiger partial charge in [0.2, 0.25) is 6.79 Å². The summed E-state index contributed by atoms with van der Waals surface area (Å²) in [5.74, 6) is 1.68. The summed E-state index contributed by atoms with van der Waals surface area (Å²) in [6, 6.07) is 6.50. The second-order valence-corrected chi connectivity index (χ2v) is 4.93. The molecule has 19 heavy (non-hydrogen) atoms. The van der Waals surface area contributed by atoms with Crippen LogP contribution in [-0.2, 0) is 11.2 Å². The van der Waals surface area contributed by atoms with Crippen LogP contribution in [0.25, 0.3) is 0 Å². The zero-order chi connectivity index (χ0) is 13.1. The molecule has 1 atom stereocenters. The van der Waals surface area contributed by atoms with Gasteiger partial charge in [-0.25, -0.2) is 0 Å². The van der Waals surface area contributed by atoms with Crippen LogP contribution >= 0.6 is 0 Å². The quantitative estimate of drug-likeness (QED) is 0.864. The summed E-state index contributed by atoms with van der Waals surface area (Å²) in [6.45, 7) is 4.52. The first-order valence-electron chi connectivity index (χ1n) is 6.77. The van der Waals surface area contributed by atoms with E-state index < -0.39 is 0 Å². The van der Waals surface area contributed by atoms with E-state index in [1.54, 1.807) is 0 Å². The Morgan fingerprint density at radius 2 is 1.95 bits per heavy atom. The minimum Gasteiger partial charge on any atom is -0.454 e. The average Bonchev–Trinajstić information content (AvgIpc) is 2.93. The fourth-order valence-corrected chi connectivity index (χ4v) is 2.64. The lowest BCUT2D eigenvalue weighted by Crippen LogP contribution is -2.47. The van der Waals surface area contributed by atoms with E-state index in [2.05, 4.69) is 17.0 Å². The molecule has 0 amide bonds. The molecule has 1 saturated heterocycles. The van der Waals surface area contributed by atoms with Gasteiger partial charge in [-0.1, -0.05) is 6.07 Å². The molecule has 1 unspecified atom stereocenters. The maximum absolute atomic E-state index is 5.93. The highest BCUT2D eigenvalue weighted by molar-refractivity contribution is 5.44. The van der Waals surface area contributed by atoms with Crippen LogP contribution in [0.3, 0.4) is 0 Å². The van der Waals surface area contributed by atoms with E-state index in [0.717, 1.165) is 44.2 Å². The second kappa shape index (κ2) is 5.77. The van der Waals surface area contributed by atoms with Crippen LogP contribution in [0.5, 0.6) is 11.5 Å². The molecular formula is C14H20N2O3. The monoisotopic (exact) mass is 264 g/mol. The van der Waals surface area contributed by atoms with Crippen LogP contribution in [0, 0.1) is 0 Å². The zero-order valence-electron chi connectivity index (χ0n) is 11.0. The number of hydrogen-bond acceptors (Lipinski definition) is 5. The van der Waals surface area contributed by atoms with Crippen molar-refractivity contribution in [3.05, 3.63) is 23.8 Å². The second-order valence-electron chi connectivity index (χ2n) is 4.93. The summed E-state index contributed by atoms with van der Waals surface area (Å²) < 4.78 is 16.1. The van der Waals surface area contributed by atoms with Crippen molar-refractivity contribution in [2.24, 2.45) is 5.73 Å². The number of fused-ring (bicyclic) bond motifs is 1. The molecule has 2 heterocycles. The third kappa shape index (κ3) is 2.83. The van der Waals surface area contributed by atoms with Gasteiger partial charge in [-0.3, -0.25) is 4.90 Å². The molecule has 3 rings (SSSR count). The summed E-state index contributed by atoms with van der Waals surface area (Å²) in [5, 5.41) is 0. The Hall–Kier alpha value is -1.30. The lowest BCUT2D eigenvalue weighted by atomic mass is 10.0. The van der Waals surface area contributed by atoms with E-state index in [-0.39, 0.29) is 0 Å². The van der Waals surface area contributed by atoms with E-state index in [4.69, 9.17) is 19.9 Å². The number of nitrogens with two attached hydrogens (primary N) is 1. The largest absolute Gasteiger partial charge is 0.454 e.